The molecule has 0 aliphatic heterocycles. The first-order chi connectivity index (χ1) is 8.31. The lowest BCUT2D eigenvalue weighted by molar-refractivity contribution is 0.287. The fourth-order valence-electron chi connectivity index (χ4n) is 1.54. The summed E-state index contributed by atoms with van der Waals surface area (Å²) in [5.41, 5.74) is 0. The van der Waals surface area contributed by atoms with Crippen molar-refractivity contribution in [2.45, 2.75) is 39.5 Å². The molecule has 0 bridgehead atoms. The van der Waals surface area contributed by atoms with Gasteiger partial charge in [-0.3, -0.25) is 0 Å². The van der Waals surface area contributed by atoms with Crippen molar-refractivity contribution in [3.63, 3.8) is 0 Å². The molecule has 1 aromatic rings. The fourth-order valence-corrected chi connectivity index (χ4v) is 1.54. The van der Waals surface area contributed by atoms with Gasteiger partial charge in [0, 0.05) is 19.0 Å². The summed E-state index contributed by atoms with van der Waals surface area (Å²) in [6.07, 6.45) is 4.52. The van der Waals surface area contributed by atoms with Crippen LogP contribution in [0.2, 0.25) is 0 Å². The highest BCUT2D eigenvalue weighted by molar-refractivity contribution is 5.38. The summed E-state index contributed by atoms with van der Waals surface area (Å²) in [5, 5.41) is 3.28. The van der Waals surface area contributed by atoms with E-state index in [2.05, 4.69) is 29.1 Å². The van der Waals surface area contributed by atoms with Gasteiger partial charge in [-0.1, -0.05) is 13.8 Å². The van der Waals surface area contributed by atoms with Crippen molar-refractivity contribution in [3.05, 3.63) is 11.9 Å². The second kappa shape index (κ2) is 5.84. The Hall–Kier alpha value is -1.32. The monoisotopic (exact) mass is 235 g/mol. The molecule has 4 nitrogen and oxygen atoms in total. The van der Waals surface area contributed by atoms with Gasteiger partial charge in [-0.05, 0) is 25.2 Å². The van der Waals surface area contributed by atoms with E-state index in [-0.39, 0.29) is 0 Å². The van der Waals surface area contributed by atoms with Gasteiger partial charge < -0.3 is 10.1 Å². The number of nitrogens with zero attached hydrogens (tertiary/aromatic N) is 2. The zero-order chi connectivity index (χ0) is 12.1. The summed E-state index contributed by atoms with van der Waals surface area (Å²) in [7, 11) is 0. The summed E-state index contributed by atoms with van der Waals surface area (Å²) >= 11 is 0. The van der Waals surface area contributed by atoms with Gasteiger partial charge in [0.15, 0.2) is 0 Å². The van der Waals surface area contributed by atoms with Crippen LogP contribution in [0.1, 0.15) is 38.9 Å². The average molecular weight is 235 g/mol. The predicted octanol–water partition coefficient (Wildman–Crippen LogP) is 2.65. The van der Waals surface area contributed by atoms with Gasteiger partial charge in [-0.15, -0.1) is 0 Å². The normalized spacial score (nSPS) is 14.7. The van der Waals surface area contributed by atoms with E-state index in [0.29, 0.717) is 5.88 Å². The maximum atomic E-state index is 5.70. The van der Waals surface area contributed by atoms with E-state index >= 15 is 0 Å². The SMILES string of the molecule is CCCNc1cc(OCC2CC2)nc(CC)n1. The Kier molecular flexibility index (Phi) is 4.18. The molecule has 0 amide bonds. The quantitative estimate of drug-likeness (QED) is 0.789. The molecule has 1 fully saturated rings. The van der Waals surface area contributed by atoms with Crippen LogP contribution in [0.15, 0.2) is 6.07 Å². The molecule has 17 heavy (non-hydrogen) atoms. The molecular formula is C13H21N3O. The van der Waals surface area contributed by atoms with E-state index in [1.165, 1.54) is 12.8 Å². The Balaban J connectivity index is 2.00. The summed E-state index contributed by atoms with van der Waals surface area (Å²) in [6, 6.07) is 1.90. The first kappa shape index (κ1) is 12.1. The minimum Gasteiger partial charge on any atom is -0.477 e. The van der Waals surface area contributed by atoms with Gasteiger partial charge in [-0.25, -0.2) is 4.98 Å². The van der Waals surface area contributed by atoms with Gasteiger partial charge >= 0.3 is 0 Å². The van der Waals surface area contributed by atoms with Crippen LogP contribution in [0.5, 0.6) is 5.88 Å². The minimum atomic E-state index is 0.711. The van der Waals surface area contributed by atoms with Crippen LogP contribution < -0.4 is 10.1 Å². The van der Waals surface area contributed by atoms with Crippen LogP contribution in [-0.2, 0) is 6.42 Å². The zero-order valence-corrected chi connectivity index (χ0v) is 10.7. The van der Waals surface area contributed by atoms with Crippen LogP contribution in [-0.4, -0.2) is 23.1 Å². The fraction of sp³-hybridized carbons (Fsp3) is 0.692. The maximum absolute atomic E-state index is 5.70. The molecule has 1 N–H and O–H groups in total. The van der Waals surface area contributed by atoms with Crippen molar-refractivity contribution in [2.24, 2.45) is 5.92 Å². The number of nitrogens with one attached hydrogen (secondary N) is 1. The van der Waals surface area contributed by atoms with Crippen LogP contribution >= 0.6 is 0 Å². The number of hydrogen-bond acceptors (Lipinski definition) is 4. The van der Waals surface area contributed by atoms with Crippen LogP contribution in [0.3, 0.4) is 0 Å². The topological polar surface area (TPSA) is 47.0 Å². The van der Waals surface area contributed by atoms with Gasteiger partial charge in [0.05, 0.1) is 6.61 Å². The Morgan fingerprint density at radius 2 is 2.18 bits per heavy atom. The molecule has 0 unspecified atom stereocenters. The summed E-state index contributed by atoms with van der Waals surface area (Å²) in [5.74, 6) is 3.19. The number of aryl methyl sites for hydroxylation is 1. The smallest absolute Gasteiger partial charge is 0.218 e. The van der Waals surface area contributed by atoms with Crippen LogP contribution in [0, 0.1) is 5.92 Å². The molecule has 1 heterocycles. The molecule has 0 radical (unpaired) electrons. The van der Waals surface area contributed by atoms with Crippen molar-refractivity contribution in [2.75, 3.05) is 18.5 Å². The van der Waals surface area contributed by atoms with E-state index in [0.717, 1.165) is 43.6 Å². The Bertz CT molecular complexity index is 364. The zero-order valence-electron chi connectivity index (χ0n) is 10.7. The Morgan fingerprint density at radius 1 is 1.35 bits per heavy atom. The van der Waals surface area contributed by atoms with Gasteiger partial charge in [0.2, 0.25) is 5.88 Å². The highest BCUT2D eigenvalue weighted by atomic mass is 16.5. The molecule has 0 saturated heterocycles. The first-order valence-electron chi connectivity index (χ1n) is 6.56. The average Bonchev–Trinajstić information content (AvgIpc) is 3.17. The van der Waals surface area contributed by atoms with E-state index in [1.54, 1.807) is 0 Å². The van der Waals surface area contributed by atoms with Crippen molar-refractivity contribution < 1.29 is 4.74 Å². The van der Waals surface area contributed by atoms with E-state index in [1.807, 2.05) is 6.07 Å². The van der Waals surface area contributed by atoms with Crippen molar-refractivity contribution >= 4 is 5.82 Å². The molecule has 1 aliphatic rings. The standard InChI is InChI=1S/C13H21N3O/c1-3-7-14-12-8-13(16-11(4-2)15-12)17-9-10-5-6-10/h8,10H,3-7,9H2,1-2H3,(H,14,15,16). The lowest BCUT2D eigenvalue weighted by Gasteiger charge is -2.09. The van der Waals surface area contributed by atoms with Crippen molar-refractivity contribution in [1.29, 1.82) is 0 Å². The van der Waals surface area contributed by atoms with Crippen molar-refractivity contribution in [3.8, 4) is 5.88 Å². The number of hydrogen-bond donors (Lipinski definition) is 1. The maximum Gasteiger partial charge on any atom is 0.218 e. The second-order valence-electron chi connectivity index (χ2n) is 4.54. The van der Waals surface area contributed by atoms with Crippen LogP contribution in [0.25, 0.3) is 0 Å². The lowest BCUT2D eigenvalue weighted by atomic mass is 10.4. The summed E-state index contributed by atoms with van der Waals surface area (Å²) < 4.78 is 5.70. The highest BCUT2D eigenvalue weighted by Crippen LogP contribution is 2.29. The number of aromatic nitrogens is 2. The highest BCUT2D eigenvalue weighted by Gasteiger charge is 2.22. The largest absolute Gasteiger partial charge is 0.477 e. The van der Waals surface area contributed by atoms with Crippen LogP contribution in [0.4, 0.5) is 5.82 Å². The summed E-state index contributed by atoms with van der Waals surface area (Å²) in [4.78, 5) is 8.82. The third-order valence-electron chi connectivity index (χ3n) is 2.79. The van der Waals surface area contributed by atoms with Gasteiger partial charge in [0.25, 0.3) is 0 Å². The molecule has 0 spiro atoms. The molecular weight excluding hydrogens is 214 g/mol. The molecule has 0 aromatic carbocycles. The van der Waals surface area contributed by atoms with E-state index in [9.17, 15) is 0 Å². The Morgan fingerprint density at radius 3 is 2.82 bits per heavy atom. The van der Waals surface area contributed by atoms with E-state index < -0.39 is 0 Å². The third kappa shape index (κ3) is 3.88. The summed E-state index contributed by atoms with van der Waals surface area (Å²) in [6.45, 7) is 5.93. The van der Waals surface area contributed by atoms with Gasteiger partial charge in [-0.2, -0.15) is 4.98 Å². The number of ether oxygens (including phenoxy) is 1. The molecule has 4 heteroatoms. The molecule has 1 aliphatic carbocycles. The van der Waals surface area contributed by atoms with E-state index in [4.69, 9.17) is 4.74 Å². The van der Waals surface area contributed by atoms with Crippen molar-refractivity contribution in [1.82, 2.24) is 9.97 Å². The second-order valence-corrected chi connectivity index (χ2v) is 4.54. The molecule has 1 saturated carbocycles. The number of rotatable bonds is 7. The Labute approximate surface area is 103 Å². The third-order valence-corrected chi connectivity index (χ3v) is 2.79. The first-order valence-corrected chi connectivity index (χ1v) is 6.56. The molecule has 2 rings (SSSR count). The molecule has 94 valence electrons. The molecule has 1 aromatic heterocycles. The number of anilines is 1. The van der Waals surface area contributed by atoms with Gasteiger partial charge in [0.1, 0.15) is 11.6 Å². The molecule has 0 atom stereocenters. The predicted molar refractivity (Wildman–Crippen MR) is 68.4 cm³/mol. The lowest BCUT2D eigenvalue weighted by Crippen LogP contribution is -2.08. The minimum absolute atomic E-state index is 0.711.